The summed E-state index contributed by atoms with van der Waals surface area (Å²) in [5.41, 5.74) is 2.37. The van der Waals surface area contributed by atoms with Crippen molar-refractivity contribution in [1.82, 2.24) is 10.1 Å². The summed E-state index contributed by atoms with van der Waals surface area (Å²) in [6.07, 6.45) is 4.53. The van der Waals surface area contributed by atoms with E-state index in [4.69, 9.17) is 9.26 Å². The molecule has 0 spiro atoms. The van der Waals surface area contributed by atoms with E-state index in [-0.39, 0.29) is 0 Å². The van der Waals surface area contributed by atoms with Gasteiger partial charge in [-0.15, -0.1) is 0 Å². The fourth-order valence-corrected chi connectivity index (χ4v) is 2.86. The molecule has 2 aromatic rings. The Morgan fingerprint density at radius 1 is 1.22 bits per heavy atom. The highest BCUT2D eigenvalue weighted by atomic mass is 16.5. The maximum atomic E-state index is 5.28. The van der Waals surface area contributed by atoms with Gasteiger partial charge in [-0.1, -0.05) is 17.3 Å². The topological polar surface area (TPSA) is 63.4 Å². The number of ether oxygens (including phenoxy) is 1. The number of hydrogen-bond donors (Lipinski definition) is 1. The van der Waals surface area contributed by atoms with Crippen LogP contribution in [-0.4, -0.2) is 36.9 Å². The summed E-state index contributed by atoms with van der Waals surface area (Å²) < 4.78 is 10.3. The number of methoxy groups -OCH3 is 1. The molecule has 124 valence electrons. The van der Waals surface area contributed by atoms with Crippen LogP contribution in [0.5, 0.6) is 0 Å². The highest BCUT2D eigenvalue weighted by molar-refractivity contribution is 5.70. The van der Waals surface area contributed by atoms with E-state index in [1.165, 1.54) is 24.9 Å². The van der Waals surface area contributed by atoms with Crippen molar-refractivity contribution in [3.05, 3.63) is 36.0 Å². The van der Waals surface area contributed by atoms with Gasteiger partial charge in [0.05, 0.1) is 24.5 Å². The fraction of sp³-hybridized carbons (Fsp3) is 0.529. The lowest BCUT2D eigenvalue weighted by atomic mass is 10.1. The van der Waals surface area contributed by atoms with Crippen LogP contribution in [0.4, 0.5) is 11.4 Å². The predicted molar refractivity (Wildman–Crippen MR) is 89.7 cm³/mol. The van der Waals surface area contributed by atoms with Gasteiger partial charge in [0.1, 0.15) is 0 Å². The first-order chi connectivity index (χ1) is 11.4. The maximum Gasteiger partial charge on any atom is 0.245 e. The lowest BCUT2D eigenvalue weighted by molar-refractivity contribution is 0.199. The molecule has 0 bridgehead atoms. The Morgan fingerprint density at radius 2 is 2.04 bits per heavy atom. The number of para-hydroxylation sites is 2. The number of benzene rings is 1. The Bertz CT molecular complexity index is 608. The second-order valence-corrected chi connectivity index (χ2v) is 5.77. The zero-order chi connectivity index (χ0) is 15.9. The van der Waals surface area contributed by atoms with E-state index in [1.54, 1.807) is 7.11 Å². The molecule has 1 aromatic heterocycles. The fourth-order valence-electron chi connectivity index (χ4n) is 2.86. The summed E-state index contributed by atoms with van der Waals surface area (Å²) >= 11 is 0. The standard InChI is InChI=1S/C17H24N4O2/c1-22-12-9-16-19-17(23-20-16)13-18-14-7-3-4-8-15(14)21-10-5-2-6-11-21/h3-4,7-8,18H,2,5-6,9-13H2,1H3. The SMILES string of the molecule is COCCc1noc(CNc2ccccc2N2CCCCC2)n1. The van der Waals surface area contributed by atoms with Gasteiger partial charge in [-0.3, -0.25) is 0 Å². The first-order valence-electron chi connectivity index (χ1n) is 8.25. The van der Waals surface area contributed by atoms with Crippen molar-refractivity contribution in [2.45, 2.75) is 32.2 Å². The minimum absolute atomic E-state index is 0.533. The molecule has 1 saturated heterocycles. The van der Waals surface area contributed by atoms with Crippen molar-refractivity contribution >= 4 is 11.4 Å². The van der Waals surface area contributed by atoms with Crippen LogP contribution in [0.25, 0.3) is 0 Å². The number of hydrogen-bond acceptors (Lipinski definition) is 6. The van der Waals surface area contributed by atoms with Crippen LogP contribution in [-0.2, 0) is 17.7 Å². The van der Waals surface area contributed by atoms with E-state index in [2.05, 4.69) is 38.6 Å². The van der Waals surface area contributed by atoms with Crippen LogP contribution in [0.2, 0.25) is 0 Å². The summed E-state index contributed by atoms with van der Waals surface area (Å²) in [6.45, 7) is 3.38. The van der Waals surface area contributed by atoms with E-state index in [9.17, 15) is 0 Å². The summed E-state index contributed by atoms with van der Waals surface area (Å²) in [5.74, 6) is 1.29. The van der Waals surface area contributed by atoms with Crippen LogP contribution in [0.1, 0.15) is 31.0 Å². The van der Waals surface area contributed by atoms with Crippen molar-refractivity contribution in [3.63, 3.8) is 0 Å². The molecule has 1 aromatic carbocycles. The average Bonchev–Trinajstić information content (AvgIpc) is 3.07. The molecule has 6 heteroatoms. The molecular formula is C17H24N4O2. The normalized spacial score (nSPS) is 14.9. The van der Waals surface area contributed by atoms with Crippen LogP contribution in [0, 0.1) is 0 Å². The minimum atomic E-state index is 0.533. The van der Waals surface area contributed by atoms with E-state index >= 15 is 0 Å². The number of anilines is 2. The molecule has 0 aliphatic carbocycles. The highest BCUT2D eigenvalue weighted by Crippen LogP contribution is 2.28. The van der Waals surface area contributed by atoms with Crippen molar-refractivity contribution in [2.24, 2.45) is 0 Å². The van der Waals surface area contributed by atoms with Gasteiger partial charge in [0.25, 0.3) is 0 Å². The number of piperidine rings is 1. The molecule has 23 heavy (non-hydrogen) atoms. The lowest BCUT2D eigenvalue weighted by Crippen LogP contribution is -2.30. The van der Waals surface area contributed by atoms with Gasteiger partial charge in [-0.25, -0.2) is 0 Å². The average molecular weight is 316 g/mol. The zero-order valence-corrected chi connectivity index (χ0v) is 13.6. The third kappa shape index (κ3) is 4.22. The lowest BCUT2D eigenvalue weighted by Gasteiger charge is -2.30. The summed E-state index contributed by atoms with van der Waals surface area (Å²) in [4.78, 5) is 6.82. The van der Waals surface area contributed by atoms with Crippen LogP contribution in [0.15, 0.2) is 28.8 Å². The second-order valence-electron chi connectivity index (χ2n) is 5.77. The number of nitrogens with zero attached hydrogens (tertiary/aromatic N) is 3. The predicted octanol–water partition coefficient (Wildman–Crippen LogP) is 2.86. The maximum absolute atomic E-state index is 5.28. The summed E-state index contributed by atoms with van der Waals surface area (Å²) in [7, 11) is 1.67. The minimum Gasteiger partial charge on any atom is -0.384 e. The molecule has 2 heterocycles. The first-order valence-corrected chi connectivity index (χ1v) is 8.25. The third-order valence-corrected chi connectivity index (χ3v) is 4.07. The molecule has 1 N–H and O–H groups in total. The Kier molecular flexibility index (Phi) is 5.47. The van der Waals surface area contributed by atoms with Crippen LogP contribution >= 0.6 is 0 Å². The molecule has 0 saturated carbocycles. The molecule has 0 radical (unpaired) electrons. The molecule has 6 nitrogen and oxygen atoms in total. The van der Waals surface area contributed by atoms with E-state index in [1.807, 2.05) is 6.07 Å². The summed E-state index contributed by atoms with van der Waals surface area (Å²) in [6, 6.07) is 8.41. The van der Waals surface area contributed by atoms with Crippen molar-refractivity contribution in [2.75, 3.05) is 37.0 Å². The van der Waals surface area contributed by atoms with Gasteiger partial charge in [0.2, 0.25) is 5.89 Å². The molecule has 0 amide bonds. The first kappa shape index (κ1) is 15.8. The monoisotopic (exact) mass is 316 g/mol. The Morgan fingerprint density at radius 3 is 2.87 bits per heavy atom. The molecule has 1 aliphatic rings. The zero-order valence-electron chi connectivity index (χ0n) is 13.6. The molecule has 3 rings (SSSR count). The third-order valence-electron chi connectivity index (χ3n) is 4.07. The molecular weight excluding hydrogens is 292 g/mol. The van der Waals surface area contributed by atoms with Crippen LogP contribution < -0.4 is 10.2 Å². The van der Waals surface area contributed by atoms with Gasteiger partial charge in [0.15, 0.2) is 5.82 Å². The molecule has 1 aliphatic heterocycles. The number of nitrogens with one attached hydrogen (secondary N) is 1. The van der Waals surface area contributed by atoms with Gasteiger partial charge < -0.3 is 19.5 Å². The van der Waals surface area contributed by atoms with Gasteiger partial charge >= 0.3 is 0 Å². The summed E-state index contributed by atoms with van der Waals surface area (Å²) in [5, 5.41) is 7.39. The van der Waals surface area contributed by atoms with E-state index < -0.39 is 0 Å². The smallest absolute Gasteiger partial charge is 0.245 e. The van der Waals surface area contributed by atoms with Gasteiger partial charge in [-0.05, 0) is 31.4 Å². The van der Waals surface area contributed by atoms with Gasteiger partial charge in [0, 0.05) is 26.6 Å². The molecule has 1 fully saturated rings. The molecule has 0 atom stereocenters. The molecule has 0 unspecified atom stereocenters. The highest BCUT2D eigenvalue weighted by Gasteiger charge is 2.14. The quantitative estimate of drug-likeness (QED) is 0.847. The Hall–Kier alpha value is -2.08. The Balaban J connectivity index is 1.62. The largest absolute Gasteiger partial charge is 0.384 e. The van der Waals surface area contributed by atoms with Gasteiger partial charge in [-0.2, -0.15) is 4.98 Å². The number of rotatable bonds is 7. The van der Waals surface area contributed by atoms with Crippen LogP contribution in [0.3, 0.4) is 0 Å². The van der Waals surface area contributed by atoms with E-state index in [0.717, 1.165) is 18.8 Å². The van der Waals surface area contributed by atoms with E-state index in [0.29, 0.717) is 31.3 Å². The van der Waals surface area contributed by atoms with Crippen molar-refractivity contribution < 1.29 is 9.26 Å². The second kappa shape index (κ2) is 7.97. The Labute approximate surface area is 136 Å². The number of aromatic nitrogens is 2. The van der Waals surface area contributed by atoms with Crippen molar-refractivity contribution in [1.29, 1.82) is 0 Å². The van der Waals surface area contributed by atoms with Crippen molar-refractivity contribution in [3.8, 4) is 0 Å².